The maximum atomic E-state index is 12.5. The molecule has 2 aromatic carbocycles. The number of hydrogen-bond acceptors (Lipinski definition) is 1. The summed E-state index contributed by atoms with van der Waals surface area (Å²) in [6, 6.07) is 15.6. The van der Waals surface area contributed by atoms with Crippen LogP contribution < -0.4 is 5.32 Å². The number of amides is 1. The Bertz CT molecular complexity index is 696. The summed E-state index contributed by atoms with van der Waals surface area (Å²) in [6.45, 7) is 0. The molecule has 1 atom stereocenters. The second kappa shape index (κ2) is 8.15. The fraction of sp³-hybridized carbons (Fsp3) is 0.167. The minimum Gasteiger partial charge on any atom is -0.326 e. The lowest BCUT2D eigenvalue weighted by Crippen LogP contribution is -2.15. The summed E-state index contributed by atoms with van der Waals surface area (Å²) in [5.41, 5.74) is 1.25. The Morgan fingerprint density at radius 1 is 1.08 bits per heavy atom. The van der Waals surface area contributed by atoms with Gasteiger partial charge in [0.2, 0.25) is 5.91 Å². The molecule has 2 rings (SSSR count). The van der Waals surface area contributed by atoms with Crippen molar-refractivity contribution in [3.05, 3.63) is 76.8 Å². The Kier molecular flexibility index (Phi) is 6.20. The van der Waals surface area contributed by atoms with Crippen LogP contribution in [0.25, 0.3) is 0 Å². The summed E-state index contributed by atoms with van der Waals surface area (Å²) in [5.74, 6) is -0.999. The van der Waals surface area contributed by atoms with E-state index in [-0.39, 0.29) is 18.4 Å². The largest absolute Gasteiger partial charge is 0.409 e. The van der Waals surface area contributed by atoms with Gasteiger partial charge in [-0.3, -0.25) is 4.79 Å². The standard InChI is InChI=1S/C18H15BrF3NO/c19-15-6-8-16(9-7-15)23-17(24)12-14(10-11-18(20,21)22)13-4-2-1-3-5-13/h1-11,14H,12H2,(H,23,24)/b11-10+/t14-/m1/s1. The van der Waals surface area contributed by atoms with Crippen LogP contribution in [0.3, 0.4) is 0 Å². The van der Waals surface area contributed by atoms with E-state index in [1.807, 2.05) is 0 Å². The zero-order chi connectivity index (χ0) is 17.6. The first-order chi connectivity index (χ1) is 11.3. The second-order valence-electron chi connectivity index (χ2n) is 5.18. The lowest BCUT2D eigenvalue weighted by Gasteiger charge is -2.14. The van der Waals surface area contributed by atoms with Crippen LogP contribution in [0.2, 0.25) is 0 Å². The average molecular weight is 398 g/mol. The quantitative estimate of drug-likeness (QED) is 0.646. The topological polar surface area (TPSA) is 29.1 Å². The maximum absolute atomic E-state index is 12.5. The Balaban J connectivity index is 2.11. The molecule has 0 aliphatic heterocycles. The molecule has 6 heteroatoms. The molecule has 2 nitrogen and oxygen atoms in total. The summed E-state index contributed by atoms with van der Waals surface area (Å²) in [4.78, 5) is 12.2. The second-order valence-corrected chi connectivity index (χ2v) is 6.09. The van der Waals surface area contributed by atoms with Crippen LogP contribution in [0.4, 0.5) is 18.9 Å². The molecule has 0 fully saturated rings. The van der Waals surface area contributed by atoms with Gasteiger partial charge in [0.1, 0.15) is 0 Å². The Morgan fingerprint density at radius 2 is 1.71 bits per heavy atom. The number of rotatable bonds is 5. The van der Waals surface area contributed by atoms with Gasteiger partial charge in [0.25, 0.3) is 0 Å². The number of anilines is 1. The van der Waals surface area contributed by atoms with Crippen molar-refractivity contribution in [3.63, 3.8) is 0 Å². The van der Waals surface area contributed by atoms with Gasteiger partial charge in [-0.15, -0.1) is 0 Å². The summed E-state index contributed by atoms with van der Waals surface area (Å²) < 4.78 is 38.3. The monoisotopic (exact) mass is 397 g/mol. The van der Waals surface area contributed by atoms with Gasteiger partial charge in [-0.25, -0.2) is 0 Å². The number of halogens is 4. The van der Waals surface area contributed by atoms with Crippen LogP contribution in [-0.2, 0) is 4.79 Å². The molecule has 0 spiro atoms. The van der Waals surface area contributed by atoms with Gasteiger partial charge in [-0.05, 0) is 29.8 Å². The molecule has 0 aromatic heterocycles. The SMILES string of the molecule is O=C(C[C@@H](/C=C/C(F)(F)F)c1ccccc1)Nc1ccc(Br)cc1. The van der Waals surface area contributed by atoms with Crippen LogP contribution in [0, 0.1) is 0 Å². The van der Waals surface area contributed by atoms with Crippen molar-refractivity contribution in [3.8, 4) is 0 Å². The Labute approximate surface area is 146 Å². The normalized spacial score (nSPS) is 13.0. The number of carbonyl (C=O) groups excluding carboxylic acids is 1. The molecule has 2 aromatic rings. The lowest BCUT2D eigenvalue weighted by atomic mass is 9.94. The third-order valence-electron chi connectivity index (χ3n) is 3.28. The van der Waals surface area contributed by atoms with Crippen molar-refractivity contribution in [2.45, 2.75) is 18.5 Å². The molecule has 0 saturated heterocycles. The van der Waals surface area contributed by atoms with E-state index in [0.717, 1.165) is 10.5 Å². The highest BCUT2D eigenvalue weighted by molar-refractivity contribution is 9.10. The summed E-state index contributed by atoms with van der Waals surface area (Å²) in [6.07, 6.45) is -3.28. The predicted octanol–water partition coefficient (Wildman–Crippen LogP) is 5.68. The fourth-order valence-corrected chi connectivity index (χ4v) is 2.43. The molecular weight excluding hydrogens is 383 g/mol. The minimum atomic E-state index is -4.41. The molecule has 0 aliphatic rings. The van der Waals surface area contributed by atoms with Gasteiger partial charge in [0.05, 0.1) is 0 Å². The Hall–Kier alpha value is -2.08. The van der Waals surface area contributed by atoms with Gasteiger partial charge in [-0.1, -0.05) is 52.3 Å². The van der Waals surface area contributed by atoms with Crippen molar-refractivity contribution < 1.29 is 18.0 Å². The third-order valence-corrected chi connectivity index (χ3v) is 3.81. The Morgan fingerprint density at radius 3 is 2.29 bits per heavy atom. The zero-order valence-electron chi connectivity index (χ0n) is 12.6. The maximum Gasteiger partial charge on any atom is 0.409 e. The number of nitrogens with one attached hydrogen (secondary N) is 1. The van der Waals surface area contributed by atoms with Gasteiger partial charge in [0, 0.05) is 28.6 Å². The minimum absolute atomic E-state index is 0.0767. The molecular formula is C18H15BrF3NO. The first-order valence-electron chi connectivity index (χ1n) is 7.20. The number of carbonyl (C=O) groups is 1. The highest BCUT2D eigenvalue weighted by Gasteiger charge is 2.24. The van der Waals surface area contributed by atoms with Crippen molar-refractivity contribution in [2.24, 2.45) is 0 Å². The van der Waals surface area contributed by atoms with Gasteiger partial charge in [0.15, 0.2) is 0 Å². The average Bonchev–Trinajstić information content (AvgIpc) is 2.53. The first kappa shape index (κ1) is 18.3. The van der Waals surface area contributed by atoms with Crippen LogP contribution in [0.1, 0.15) is 17.9 Å². The summed E-state index contributed by atoms with van der Waals surface area (Å²) in [7, 11) is 0. The molecule has 0 radical (unpaired) electrons. The molecule has 0 unspecified atom stereocenters. The van der Waals surface area contributed by atoms with Crippen LogP contribution in [0.5, 0.6) is 0 Å². The van der Waals surface area contributed by atoms with E-state index in [4.69, 9.17) is 0 Å². The first-order valence-corrected chi connectivity index (χ1v) is 7.99. The summed E-state index contributed by atoms with van der Waals surface area (Å²) >= 11 is 3.29. The highest BCUT2D eigenvalue weighted by atomic mass is 79.9. The van der Waals surface area contributed by atoms with E-state index >= 15 is 0 Å². The molecule has 0 aliphatic carbocycles. The van der Waals surface area contributed by atoms with Gasteiger partial charge < -0.3 is 5.32 Å². The van der Waals surface area contributed by atoms with E-state index in [2.05, 4.69) is 21.2 Å². The molecule has 24 heavy (non-hydrogen) atoms. The van der Waals surface area contributed by atoms with Crippen molar-refractivity contribution >= 4 is 27.5 Å². The van der Waals surface area contributed by atoms with E-state index in [1.54, 1.807) is 54.6 Å². The summed E-state index contributed by atoms with van der Waals surface area (Å²) in [5, 5.41) is 2.69. The molecule has 126 valence electrons. The molecule has 0 bridgehead atoms. The van der Waals surface area contributed by atoms with E-state index < -0.39 is 12.1 Å². The van der Waals surface area contributed by atoms with Crippen molar-refractivity contribution in [1.82, 2.24) is 0 Å². The molecule has 1 amide bonds. The van der Waals surface area contributed by atoms with Crippen molar-refractivity contribution in [2.75, 3.05) is 5.32 Å². The fourth-order valence-electron chi connectivity index (χ4n) is 2.17. The van der Waals surface area contributed by atoms with Gasteiger partial charge >= 0.3 is 6.18 Å². The van der Waals surface area contributed by atoms with Gasteiger partial charge in [-0.2, -0.15) is 13.2 Å². The number of allylic oxidation sites excluding steroid dienone is 2. The molecule has 1 N–H and O–H groups in total. The smallest absolute Gasteiger partial charge is 0.326 e. The van der Waals surface area contributed by atoms with Crippen LogP contribution >= 0.6 is 15.9 Å². The molecule has 0 heterocycles. The van der Waals surface area contributed by atoms with E-state index in [1.165, 1.54) is 0 Å². The molecule has 0 saturated carbocycles. The van der Waals surface area contributed by atoms with Crippen molar-refractivity contribution in [1.29, 1.82) is 0 Å². The van der Waals surface area contributed by atoms with Crippen LogP contribution in [-0.4, -0.2) is 12.1 Å². The van der Waals surface area contributed by atoms with E-state index in [9.17, 15) is 18.0 Å². The van der Waals surface area contributed by atoms with Crippen LogP contribution in [0.15, 0.2) is 71.2 Å². The lowest BCUT2D eigenvalue weighted by molar-refractivity contribution is -0.116. The zero-order valence-corrected chi connectivity index (χ0v) is 14.1. The number of alkyl halides is 3. The van der Waals surface area contributed by atoms with E-state index in [0.29, 0.717) is 11.3 Å². The predicted molar refractivity (Wildman–Crippen MR) is 91.8 cm³/mol. The third kappa shape index (κ3) is 6.20. The number of benzene rings is 2. The highest BCUT2D eigenvalue weighted by Crippen LogP contribution is 2.25. The number of hydrogen-bond donors (Lipinski definition) is 1.